The van der Waals surface area contributed by atoms with Crippen LogP contribution in [0.25, 0.3) is 153 Å². The van der Waals surface area contributed by atoms with Crippen LogP contribution in [0, 0.1) is 0 Å². The monoisotopic (exact) mass is 924 g/mol. The lowest BCUT2D eigenvalue weighted by Gasteiger charge is -2.19. The van der Waals surface area contributed by atoms with Gasteiger partial charge in [0, 0.05) is 10.8 Å². The van der Waals surface area contributed by atoms with E-state index in [-0.39, 0.29) is 0 Å². The van der Waals surface area contributed by atoms with E-state index in [0.29, 0.717) is 0 Å². The molecule has 0 spiro atoms. The van der Waals surface area contributed by atoms with Gasteiger partial charge >= 0.3 is 0 Å². The van der Waals surface area contributed by atoms with Crippen LogP contribution in [-0.2, 0) is 0 Å². The average molecular weight is 925 g/mol. The molecule has 15 rings (SSSR count). The molecule has 1 heterocycles. The summed E-state index contributed by atoms with van der Waals surface area (Å²) in [6.45, 7) is 0. The van der Waals surface area contributed by atoms with Crippen LogP contribution in [0.15, 0.2) is 271 Å². The van der Waals surface area contributed by atoms with E-state index in [9.17, 15) is 0 Å². The Bertz CT molecular complexity index is 4610. The molecular weight excluding hydrogens is 881 g/mol. The van der Waals surface area contributed by atoms with E-state index in [2.05, 4.69) is 261 Å². The summed E-state index contributed by atoms with van der Waals surface area (Å²) in [4.78, 5) is 0. The van der Waals surface area contributed by atoms with E-state index in [1.165, 1.54) is 131 Å². The van der Waals surface area contributed by atoms with Crippen LogP contribution >= 0.6 is 0 Å². The Balaban J connectivity index is 0.822. The van der Waals surface area contributed by atoms with E-state index in [1.807, 2.05) is 6.07 Å². The lowest BCUT2D eigenvalue weighted by molar-refractivity contribution is 0.669. The van der Waals surface area contributed by atoms with Gasteiger partial charge in [-0.25, -0.2) is 0 Å². The van der Waals surface area contributed by atoms with Crippen LogP contribution in [0.3, 0.4) is 0 Å². The van der Waals surface area contributed by atoms with Gasteiger partial charge in [-0.3, -0.25) is 0 Å². The molecule has 0 radical (unpaired) electrons. The topological polar surface area (TPSA) is 13.1 Å². The summed E-state index contributed by atoms with van der Waals surface area (Å²) in [5.41, 5.74) is 16.6. The Morgan fingerprint density at radius 3 is 1.15 bits per heavy atom. The fraction of sp³-hybridized carbons (Fsp3) is 0. The normalized spacial score (nSPS) is 11.8. The van der Waals surface area contributed by atoms with E-state index in [0.717, 1.165) is 21.9 Å². The van der Waals surface area contributed by atoms with Gasteiger partial charge in [0.1, 0.15) is 11.2 Å². The first kappa shape index (κ1) is 41.2. The maximum atomic E-state index is 6.26. The number of furan rings is 1. The Hall–Kier alpha value is -9.56. The van der Waals surface area contributed by atoms with Gasteiger partial charge in [-0.1, -0.05) is 231 Å². The number of fused-ring (bicyclic) bond motifs is 9. The maximum Gasteiger partial charge on any atom is 0.135 e. The third-order valence-corrected chi connectivity index (χ3v) is 15.4. The van der Waals surface area contributed by atoms with Crippen molar-refractivity contribution in [2.45, 2.75) is 0 Å². The molecule has 14 aromatic carbocycles. The zero-order chi connectivity index (χ0) is 48.0. The molecule has 0 aliphatic heterocycles. The van der Waals surface area contributed by atoms with Gasteiger partial charge in [0.25, 0.3) is 0 Å². The standard InChI is InChI=1S/C72H44O/c1-2-17-45(18-3-1)69-58-24-4-6-26-60(58)70(61-27-7-5-25-59(61)69)51-22-14-19-50(43-51)53-32-15-20-48-41-46(35-38-54(48)53)47-36-39-55-49(42-47)21-16-33-57(55)72-64-30-10-8-28-62(64)71(63-29-9-11-31-65(63)72)52-37-40-68-66(44-52)56-23-12-13-34-67(56)73-68/h1-44H. The Labute approximate surface area is 422 Å². The molecule has 0 bridgehead atoms. The molecular formula is C72H44O. The van der Waals surface area contributed by atoms with Crippen LogP contribution in [0.1, 0.15) is 0 Å². The summed E-state index contributed by atoms with van der Waals surface area (Å²) < 4.78 is 6.26. The summed E-state index contributed by atoms with van der Waals surface area (Å²) in [5, 5.41) is 17.2. The molecule has 0 atom stereocenters. The molecule has 15 aromatic rings. The largest absolute Gasteiger partial charge is 0.456 e. The lowest BCUT2D eigenvalue weighted by atomic mass is 9.84. The van der Waals surface area contributed by atoms with E-state index >= 15 is 0 Å². The highest BCUT2D eigenvalue weighted by atomic mass is 16.3. The van der Waals surface area contributed by atoms with Gasteiger partial charge in [-0.2, -0.15) is 0 Å². The van der Waals surface area contributed by atoms with Crippen molar-refractivity contribution < 1.29 is 4.42 Å². The van der Waals surface area contributed by atoms with Crippen molar-refractivity contribution in [3.63, 3.8) is 0 Å². The predicted octanol–water partition coefficient (Wildman–Crippen LogP) is 20.5. The molecule has 0 aliphatic rings. The third kappa shape index (κ3) is 6.56. The molecule has 1 heteroatoms. The van der Waals surface area contributed by atoms with Crippen molar-refractivity contribution in [3.05, 3.63) is 267 Å². The lowest BCUT2D eigenvalue weighted by Crippen LogP contribution is -1.92. The Morgan fingerprint density at radius 2 is 0.575 bits per heavy atom. The van der Waals surface area contributed by atoms with Crippen LogP contribution < -0.4 is 0 Å². The molecule has 338 valence electrons. The number of para-hydroxylation sites is 1. The van der Waals surface area contributed by atoms with E-state index in [1.54, 1.807) is 0 Å². The van der Waals surface area contributed by atoms with Crippen molar-refractivity contribution in [1.29, 1.82) is 0 Å². The molecule has 0 unspecified atom stereocenters. The van der Waals surface area contributed by atoms with Gasteiger partial charge < -0.3 is 4.42 Å². The molecule has 0 saturated carbocycles. The smallest absolute Gasteiger partial charge is 0.135 e. The fourth-order valence-electron chi connectivity index (χ4n) is 12.2. The van der Waals surface area contributed by atoms with Crippen LogP contribution in [0.5, 0.6) is 0 Å². The van der Waals surface area contributed by atoms with Gasteiger partial charge in [-0.15, -0.1) is 0 Å². The summed E-state index contributed by atoms with van der Waals surface area (Å²) in [7, 11) is 0. The van der Waals surface area contributed by atoms with E-state index in [4.69, 9.17) is 4.42 Å². The molecule has 1 nitrogen and oxygen atoms in total. The zero-order valence-corrected chi connectivity index (χ0v) is 39.8. The SMILES string of the molecule is c1ccc(-c2c3ccccc3c(-c3cccc(-c4cccc5cc(-c6ccc7c(-c8c9ccccc9c(-c9ccc%10oc%11ccccc%11c%10c9)c9ccccc89)cccc7c6)ccc45)c3)c3ccccc23)cc1. The molecule has 0 fully saturated rings. The zero-order valence-electron chi connectivity index (χ0n) is 39.8. The maximum absolute atomic E-state index is 6.26. The van der Waals surface area contributed by atoms with Gasteiger partial charge in [0.2, 0.25) is 0 Å². The van der Waals surface area contributed by atoms with Crippen molar-refractivity contribution in [3.8, 4) is 66.8 Å². The highest BCUT2D eigenvalue weighted by Gasteiger charge is 2.21. The Morgan fingerprint density at radius 1 is 0.178 bits per heavy atom. The van der Waals surface area contributed by atoms with Crippen molar-refractivity contribution in [1.82, 2.24) is 0 Å². The first-order valence-corrected chi connectivity index (χ1v) is 25.2. The molecule has 0 N–H and O–H groups in total. The first-order chi connectivity index (χ1) is 36.2. The minimum Gasteiger partial charge on any atom is -0.456 e. The fourth-order valence-corrected chi connectivity index (χ4v) is 12.2. The predicted molar refractivity (Wildman–Crippen MR) is 311 cm³/mol. The van der Waals surface area contributed by atoms with Gasteiger partial charge in [0.05, 0.1) is 0 Å². The van der Waals surface area contributed by atoms with Gasteiger partial charge in [-0.05, 0) is 168 Å². The molecule has 1 aromatic heterocycles. The average Bonchev–Trinajstić information content (AvgIpc) is 3.84. The number of hydrogen-bond acceptors (Lipinski definition) is 1. The minimum atomic E-state index is 0.907. The number of rotatable bonds is 6. The Kier molecular flexibility index (Phi) is 9.33. The third-order valence-electron chi connectivity index (χ3n) is 15.4. The number of hydrogen-bond donors (Lipinski definition) is 0. The highest BCUT2D eigenvalue weighted by molar-refractivity contribution is 6.25. The first-order valence-electron chi connectivity index (χ1n) is 25.2. The molecule has 0 aliphatic carbocycles. The minimum absolute atomic E-state index is 0.907. The van der Waals surface area contributed by atoms with Crippen LogP contribution in [0.4, 0.5) is 0 Å². The van der Waals surface area contributed by atoms with E-state index < -0.39 is 0 Å². The summed E-state index contributed by atoms with van der Waals surface area (Å²) >= 11 is 0. The molecule has 0 amide bonds. The highest BCUT2D eigenvalue weighted by Crippen LogP contribution is 2.48. The van der Waals surface area contributed by atoms with Crippen molar-refractivity contribution in [2.24, 2.45) is 0 Å². The quantitative estimate of drug-likeness (QED) is 0.151. The second-order valence-corrected chi connectivity index (χ2v) is 19.4. The number of benzene rings is 14. The molecule has 0 saturated heterocycles. The van der Waals surface area contributed by atoms with Gasteiger partial charge in [0.15, 0.2) is 0 Å². The summed E-state index contributed by atoms with van der Waals surface area (Å²) in [6, 6.07) is 98.2. The summed E-state index contributed by atoms with van der Waals surface area (Å²) in [5.74, 6) is 0. The second kappa shape index (κ2) is 16.5. The summed E-state index contributed by atoms with van der Waals surface area (Å²) in [6.07, 6.45) is 0. The van der Waals surface area contributed by atoms with Crippen LogP contribution in [-0.4, -0.2) is 0 Å². The van der Waals surface area contributed by atoms with Crippen molar-refractivity contribution >= 4 is 86.6 Å². The van der Waals surface area contributed by atoms with Crippen LogP contribution in [0.2, 0.25) is 0 Å². The second-order valence-electron chi connectivity index (χ2n) is 19.4. The van der Waals surface area contributed by atoms with Crippen molar-refractivity contribution in [2.75, 3.05) is 0 Å². The molecule has 73 heavy (non-hydrogen) atoms.